The standard InChI is InChI=1S/C14H18O3/c1-8-6-11(15)4-3-10(8)5-9(2)12-7-13(12)14(16)17/h3-4,6,9,12-13,15H,5,7H2,1-2H3,(H,16,17). The fraction of sp³-hybridized carbons (Fsp3) is 0.500. The van der Waals surface area contributed by atoms with E-state index in [1.54, 1.807) is 12.1 Å². The van der Waals surface area contributed by atoms with Gasteiger partial charge in [0.1, 0.15) is 5.75 Å². The Hall–Kier alpha value is -1.51. The lowest BCUT2D eigenvalue weighted by molar-refractivity contribution is -0.139. The Kier molecular flexibility index (Phi) is 3.09. The van der Waals surface area contributed by atoms with E-state index in [4.69, 9.17) is 5.11 Å². The summed E-state index contributed by atoms with van der Waals surface area (Å²) in [5, 5.41) is 18.2. The summed E-state index contributed by atoms with van der Waals surface area (Å²) in [6.07, 6.45) is 1.70. The summed E-state index contributed by atoms with van der Waals surface area (Å²) in [5.74, 6) is 0.195. The zero-order valence-electron chi connectivity index (χ0n) is 10.2. The second-order valence-corrected chi connectivity index (χ2v) is 5.14. The van der Waals surface area contributed by atoms with Gasteiger partial charge in [0.2, 0.25) is 0 Å². The Balaban J connectivity index is 1.99. The monoisotopic (exact) mass is 234 g/mol. The minimum atomic E-state index is -0.663. The van der Waals surface area contributed by atoms with Crippen LogP contribution in [0.15, 0.2) is 18.2 Å². The number of carboxylic acid groups (broad SMARTS) is 1. The van der Waals surface area contributed by atoms with Crippen molar-refractivity contribution in [2.24, 2.45) is 17.8 Å². The molecule has 17 heavy (non-hydrogen) atoms. The summed E-state index contributed by atoms with van der Waals surface area (Å²) in [4.78, 5) is 10.8. The first kappa shape index (κ1) is 12.0. The molecule has 1 saturated carbocycles. The Morgan fingerprint density at radius 1 is 1.53 bits per heavy atom. The second kappa shape index (κ2) is 4.40. The molecular formula is C14H18O3. The van der Waals surface area contributed by atoms with Crippen molar-refractivity contribution in [2.45, 2.75) is 26.7 Å². The van der Waals surface area contributed by atoms with Crippen LogP contribution in [-0.4, -0.2) is 16.2 Å². The highest BCUT2D eigenvalue weighted by molar-refractivity contribution is 5.73. The van der Waals surface area contributed by atoms with Crippen molar-refractivity contribution >= 4 is 5.97 Å². The van der Waals surface area contributed by atoms with Gasteiger partial charge in [-0.15, -0.1) is 0 Å². The van der Waals surface area contributed by atoms with Gasteiger partial charge in [0, 0.05) is 0 Å². The van der Waals surface area contributed by atoms with Crippen LogP contribution in [0.1, 0.15) is 24.5 Å². The van der Waals surface area contributed by atoms with Crippen LogP contribution in [0.5, 0.6) is 5.75 Å². The van der Waals surface area contributed by atoms with E-state index in [-0.39, 0.29) is 11.7 Å². The number of carbonyl (C=O) groups is 1. The smallest absolute Gasteiger partial charge is 0.306 e. The molecule has 0 aromatic heterocycles. The number of phenols is 1. The number of benzene rings is 1. The zero-order valence-corrected chi connectivity index (χ0v) is 10.2. The fourth-order valence-electron chi connectivity index (χ4n) is 2.53. The predicted molar refractivity (Wildman–Crippen MR) is 64.9 cm³/mol. The van der Waals surface area contributed by atoms with Gasteiger partial charge in [-0.3, -0.25) is 4.79 Å². The maximum Gasteiger partial charge on any atom is 0.306 e. The van der Waals surface area contributed by atoms with E-state index in [0.717, 1.165) is 18.4 Å². The SMILES string of the molecule is Cc1cc(O)ccc1CC(C)C1CC1C(=O)O. The van der Waals surface area contributed by atoms with E-state index in [1.165, 1.54) is 5.56 Å². The van der Waals surface area contributed by atoms with Crippen molar-refractivity contribution in [2.75, 3.05) is 0 Å². The average molecular weight is 234 g/mol. The molecule has 3 unspecified atom stereocenters. The number of aliphatic carboxylic acids is 1. The Labute approximate surface area is 101 Å². The highest BCUT2D eigenvalue weighted by atomic mass is 16.4. The number of hydrogen-bond acceptors (Lipinski definition) is 2. The first-order chi connectivity index (χ1) is 7.99. The Morgan fingerprint density at radius 3 is 2.76 bits per heavy atom. The second-order valence-electron chi connectivity index (χ2n) is 5.14. The van der Waals surface area contributed by atoms with Gasteiger partial charge in [0.25, 0.3) is 0 Å². The van der Waals surface area contributed by atoms with E-state index in [2.05, 4.69) is 6.92 Å². The third kappa shape index (κ3) is 2.60. The van der Waals surface area contributed by atoms with Gasteiger partial charge in [0.05, 0.1) is 5.92 Å². The zero-order chi connectivity index (χ0) is 12.6. The van der Waals surface area contributed by atoms with Crippen LogP contribution in [0.2, 0.25) is 0 Å². The molecule has 1 aliphatic rings. The molecule has 2 N–H and O–H groups in total. The summed E-state index contributed by atoms with van der Waals surface area (Å²) < 4.78 is 0. The number of aromatic hydroxyl groups is 1. The summed E-state index contributed by atoms with van der Waals surface area (Å²) in [5.41, 5.74) is 2.27. The number of carboxylic acids is 1. The molecule has 1 fully saturated rings. The first-order valence-corrected chi connectivity index (χ1v) is 6.00. The topological polar surface area (TPSA) is 57.5 Å². The molecule has 0 amide bonds. The molecule has 0 spiro atoms. The molecule has 1 aromatic carbocycles. The van der Waals surface area contributed by atoms with Crippen LogP contribution in [0, 0.1) is 24.7 Å². The van der Waals surface area contributed by atoms with E-state index in [0.29, 0.717) is 11.8 Å². The van der Waals surface area contributed by atoms with E-state index in [1.807, 2.05) is 13.0 Å². The average Bonchev–Trinajstić information content (AvgIpc) is 3.01. The van der Waals surface area contributed by atoms with Crippen molar-refractivity contribution in [3.05, 3.63) is 29.3 Å². The number of hydrogen-bond donors (Lipinski definition) is 2. The van der Waals surface area contributed by atoms with Crippen molar-refractivity contribution in [3.63, 3.8) is 0 Å². The molecule has 92 valence electrons. The highest BCUT2D eigenvalue weighted by Gasteiger charge is 2.46. The molecule has 0 saturated heterocycles. The normalized spacial score (nSPS) is 24.4. The fourth-order valence-corrected chi connectivity index (χ4v) is 2.53. The highest BCUT2D eigenvalue weighted by Crippen LogP contribution is 2.45. The Bertz CT molecular complexity index is 439. The number of rotatable bonds is 4. The van der Waals surface area contributed by atoms with E-state index >= 15 is 0 Å². The maximum absolute atomic E-state index is 10.8. The molecule has 1 aromatic rings. The van der Waals surface area contributed by atoms with Crippen molar-refractivity contribution < 1.29 is 15.0 Å². The van der Waals surface area contributed by atoms with Gasteiger partial charge in [-0.1, -0.05) is 13.0 Å². The van der Waals surface area contributed by atoms with Gasteiger partial charge in [-0.05, 0) is 54.9 Å². The molecule has 1 aliphatic carbocycles. The minimum absolute atomic E-state index is 0.137. The third-order valence-corrected chi connectivity index (χ3v) is 3.76. The lowest BCUT2D eigenvalue weighted by atomic mass is 9.93. The summed E-state index contributed by atoms with van der Waals surface area (Å²) in [6, 6.07) is 5.37. The molecule has 3 atom stereocenters. The van der Waals surface area contributed by atoms with Gasteiger partial charge in [-0.25, -0.2) is 0 Å². The van der Waals surface area contributed by atoms with Crippen LogP contribution in [0.25, 0.3) is 0 Å². The summed E-state index contributed by atoms with van der Waals surface area (Å²) >= 11 is 0. The maximum atomic E-state index is 10.8. The van der Waals surface area contributed by atoms with Gasteiger partial charge < -0.3 is 10.2 Å². The molecule has 0 bridgehead atoms. The van der Waals surface area contributed by atoms with Crippen LogP contribution in [0.3, 0.4) is 0 Å². The van der Waals surface area contributed by atoms with Crippen molar-refractivity contribution in [1.82, 2.24) is 0 Å². The lowest BCUT2D eigenvalue weighted by Crippen LogP contribution is -2.08. The third-order valence-electron chi connectivity index (χ3n) is 3.76. The molecule has 3 heteroatoms. The molecule has 0 radical (unpaired) electrons. The van der Waals surface area contributed by atoms with Crippen LogP contribution in [-0.2, 0) is 11.2 Å². The van der Waals surface area contributed by atoms with Gasteiger partial charge >= 0.3 is 5.97 Å². The lowest BCUT2D eigenvalue weighted by Gasteiger charge is -2.13. The minimum Gasteiger partial charge on any atom is -0.508 e. The van der Waals surface area contributed by atoms with Crippen LogP contribution >= 0.6 is 0 Å². The molecule has 0 aliphatic heterocycles. The van der Waals surface area contributed by atoms with Crippen LogP contribution < -0.4 is 0 Å². The van der Waals surface area contributed by atoms with Crippen molar-refractivity contribution in [3.8, 4) is 5.75 Å². The molecule has 0 heterocycles. The predicted octanol–water partition coefficient (Wildman–Crippen LogP) is 2.60. The number of aryl methyl sites for hydroxylation is 1. The van der Waals surface area contributed by atoms with E-state index < -0.39 is 5.97 Å². The first-order valence-electron chi connectivity index (χ1n) is 6.00. The van der Waals surface area contributed by atoms with Crippen molar-refractivity contribution in [1.29, 1.82) is 0 Å². The molecule has 3 nitrogen and oxygen atoms in total. The van der Waals surface area contributed by atoms with E-state index in [9.17, 15) is 9.90 Å². The van der Waals surface area contributed by atoms with Crippen LogP contribution in [0.4, 0.5) is 0 Å². The summed E-state index contributed by atoms with van der Waals surface area (Å²) in [6.45, 7) is 4.09. The molecule has 2 rings (SSSR count). The number of phenolic OH excluding ortho intramolecular Hbond substituents is 1. The summed E-state index contributed by atoms with van der Waals surface area (Å²) in [7, 11) is 0. The molecular weight excluding hydrogens is 216 g/mol. The Morgan fingerprint density at radius 2 is 2.24 bits per heavy atom. The largest absolute Gasteiger partial charge is 0.508 e. The van der Waals surface area contributed by atoms with Gasteiger partial charge in [-0.2, -0.15) is 0 Å². The van der Waals surface area contributed by atoms with Gasteiger partial charge in [0.15, 0.2) is 0 Å². The quantitative estimate of drug-likeness (QED) is 0.841.